The predicted octanol–water partition coefficient (Wildman–Crippen LogP) is 3.40. The Labute approximate surface area is 117 Å². The number of hydrogen-bond donors (Lipinski definition) is 2. The molecule has 0 saturated carbocycles. The zero-order valence-electron chi connectivity index (χ0n) is 11.5. The van der Waals surface area contributed by atoms with Crippen molar-refractivity contribution in [3.63, 3.8) is 0 Å². The molecule has 0 unspecified atom stereocenters. The van der Waals surface area contributed by atoms with Crippen LogP contribution in [0.1, 0.15) is 39.5 Å². The summed E-state index contributed by atoms with van der Waals surface area (Å²) < 4.78 is 0. The van der Waals surface area contributed by atoms with Crippen LogP contribution in [0, 0.1) is 0 Å². The summed E-state index contributed by atoms with van der Waals surface area (Å²) in [6, 6.07) is 10.5. The molecule has 0 spiro atoms. The monoisotopic (exact) mass is 284 g/mol. The van der Waals surface area contributed by atoms with Crippen molar-refractivity contribution < 1.29 is 0 Å². The zero-order chi connectivity index (χ0) is 13.3. The molecule has 0 aromatic heterocycles. The second kappa shape index (κ2) is 8.82. The van der Waals surface area contributed by atoms with Gasteiger partial charge in [-0.15, -0.1) is 0 Å². The Bertz CT molecular complexity index is 353. The lowest BCUT2D eigenvalue weighted by atomic mass is 10.3. The summed E-state index contributed by atoms with van der Waals surface area (Å²) in [4.78, 5) is 0. The molecule has 0 amide bonds. The highest BCUT2D eigenvalue weighted by atomic mass is 32.4. The van der Waals surface area contributed by atoms with Crippen molar-refractivity contribution in [2.75, 3.05) is 13.1 Å². The molecule has 0 atom stereocenters. The minimum absolute atomic E-state index is 1.00. The maximum absolute atomic E-state index is 5.88. The van der Waals surface area contributed by atoms with E-state index in [-0.39, 0.29) is 0 Å². The van der Waals surface area contributed by atoms with Gasteiger partial charge in [-0.05, 0) is 12.8 Å². The lowest BCUT2D eigenvalue weighted by Crippen LogP contribution is -2.30. The summed E-state index contributed by atoms with van der Waals surface area (Å²) in [6.07, 6.45) is 2.97. The fourth-order valence-corrected chi connectivity index (χ4v) is 4.63. The van der Waals surface area contributed by atoms with Crippen LogP contribution in [0.5, 0.6) is 0 Å². The normalized spacial score (nSPS) is 11.7. The minimum Gasteiger partial charge on any atom is -0.274 e. The average Bonchev–Trinajstić information content (AvgIpc) is 2.40. The highest BCUT2D eigenvalue weighted by Gasteiger charge is 2.17. The van der Waals surface area contributed by atoms with Gasteiger partial charge in [0.2, 0.25) is 0 Å². The summed E-state index contributed by atoms with van der Waals surface area (Å²) in [5.74, 6) is 0. The van der Waals surface area contributed by atoms with Crippen LogP contribution >= 0.6 is 6.34 Å². The van der Waals surface area contributed by atoms with Crippen molar-refractivity contribution in [2.24, 2.45) is 0 Å². The van der Waals surface area contributed by atoms with E-state index in [1.807, 2.05) is 6.07 Å². The van der Waals surface area contributed by atoms with E-state index in [0.717, 1.165) is 13.1 Å². The van der Waals surface area contributed by atoms with Crippen molar-refractivity contribution >= 4 is 23.5 Å². The zero-order valence-corrected chi connectivity index (χ0v) is 13.2. The maximum Gasteiger partial charge on any atom is 0.101 e. The third-order valence-corrected chi connectivity index (χ3v) is 6.62. The van der Waals surface area contributed by atoms with Crippen LogP contribution in [-0.2, 0) is 11.8 Å². The Balaban J connectivity index is 2.70. The van der Waals surface area contributed by atoms with Gasteiger partial charge in [-0.2, -0.15) is 0 Å². The van der Waals surface area contributed by atoms with Crippen LogP contribution in [0.3, 0.4) is 0 Å². The second-order valence-corrected chi connectivity index (χ2v) is 8.48. The van der Waals surface area contributed by atoms with Crippen LogP contribution in [-0.4, -0.2) is 13.1 Å². The molecular formula is C14H25N2PS. The quantitative estimate of drug-likeness (QED) is 0.537. The summed E-state index contributed by atoms with van der Waals surface area (Å²) in [7, 11) is 0. The molecule has 0 heterocycles. The van der Waals surface area contributed by atoms with E-state index in [1.165, 1.54) is 31.0 Å². The molecule has 0 aliphatic rings. The van der Waals surface area contributed by atoms with Crippen molar-refractivity contribution in [3.8, 4) is 0 Å². The lowest BCUT2D eigenvalue weighted by molar-refractivity contribution is 0.744. The molecule has 1 aromatic rings. The van der Waals surface area contributed by atoms with E-state index in [1.54, 1.807) is 0 Å². The molecular weight excluding hydrogens is 259 g/mol. The van der Waals surface area contributed by atoms with E-state index in [2.05, 4.69) is 48.3 Å². The molecule has 4 heteroatoms. The Hall–Kier alpha value is -0.210. The largest absolute Gasteiger partial charge is 0.274 e. The number of rotatable bonds is 9. The number of unbranched alkanes of at least 4 members (excludes halogenated alkanes) is 2. The van der Waals surface area contributed by atoms with E-state index in [4.69, 9.17) is 11.8 Å². The summed E-state index contributed by atoms with van der Waals surface area (Å²) in [5.41, 5.74) is 0. The first-order chi connectivity index (χ1) is 8.73. The van der Waals surface area contributed by atoms with Crippen LogP contribution in [0.2, 0.25) is 0 Å². The molecule has 0 radical (unpaired) electrons. The van der Waals surface area contributed by atoms with E-state index in [9.17, 15) is 0 Å². The topological polar surface area (TPSA) is 24.1 Å². The second-order valence-electron chi connectivity index (χ2n) is 4.47. The SMILES string of the molecule is CCCCNP(=S)(NCCCC)c1ccccc1. The Morgan fingerprint density at radius 3 is 1.89 bits per heavy atom. The van der Waals surface area contributed by atoms with Crippen molar-refractivity contribution in [1.82, 2.24) is 10.2 Å². The Kier molecular flexibility index (Phi) is 7.76. The molecule has 0 saturated heterocycles. The smallest absolute Gasteiger partial charge is 0.101 e. The van der Waals surface area contributed by atoms with Gasteiger partial charge in [-0.25, -0.2) is 0 Å². The van der Waals surface area contributed by atoms with Gasteiger partial charge < -0.3 is 0 Å². The Morgan fingerprint density at radius 2 is 1.44 bits per heavy atom. The molecule has 18 heavy (non-hydrogen) atoms. The van der Waals surface area contributed by atoms with Gasteiger partial charge in [0, 0.05) is 18.4 Å². The Morgan fingerprint density at radius 1 is 0.944 bits per heavy atom. The number of nitrogens with one attached hydrogen (secondary N) is 2. The molecule has 0 aliphatic carbocycles. The maximum atomic E-state index is 5.88. The molecule has 0 aliphatic heterocycles. The van der Waals surface area contributed by atoms with Crippen LogP contribution in [0.4, 0.5) is 0 Å². The van der Waals surface area contributed by atoms with Gasteiger partial charge in [0.05, 0.1) is 0 Å². The first kappa shape index (κ1) is 15.8. The third kappa shape index (κ3) is 5.19. The first-order valence-corrected chi connectivity index (χ1v) is 9.69. The van der Waals surface area contributed by atoms with E-state index in [0.29, 0.717) is 0 Å². The van der Waals surface area contributed by atoms with Gasteiger partial charge >= 0.3 is 0 Å². The van der Waals surface area contributed by atoms with Crippen molar-refractivity contribution in [3.05, 3.63) is 30.3 Å². The molecule has 1 rings (SSSR count). The number of hydrogen-bond acceptors (Lipinski definition) is 1. The molecule has 0 bridgehead atoms. The first-order valence-electron chi connectivity index (χ1n) is 6.89. The van der Waals surface area contributed by atoms with Crippen LogP contribution in [0.15, 0.2) is 30.3 Å². The minimum atomic E-state index is -1.80. The van der Waals surface area contributed by atoms with Crippen molar-refractivity contribution in [1.29, 1.82) is 0 Å². The van der Waals surface area contributed by atoms with Gasteiger partial charge in [0.15, 0.2) is 0 Å². The summed E-state index contributed by atoms with van der Waals surface area (Å²) in [6.45, 7) is 6.42. The van der Waals surface area contributed by atoms with Crippen LogP contribution < -0.4 is 15.5 Å². The summed E-state index contributed by atoms with van der Waals surface area (Å²) in [5, 5.41) is 8.42. The highest BCUT2D eigenvalue weighted by molar-refractivity contribution is 8.16. The lowest BCUT2D eigenvalue weighted by Gasteiger charge is -2.25. The van der Waals surface area contributed by atoms with Crippen molar-refractivity contribution in [2.45, 2.75) is 39.5 Å². The fraction of sp³-hybridized carbons (Fsp3) is 0.571. The van der Waals surface area contributed by atoms with E-state index >= 15 is 0 Å². The highest BCUT2D eigenvalue weighted by Crippen LogP contribution is 2.34. The molecule has 1 aromatic carbocycles. The molecule has 2 nitrogen and oxygen atoms in total. The fourth-order valence-electron chi connectivity index (χ4n) is 1.70. The summed E-state index contributed by atoms with van der Waals surface area (Å²) >= 11 is 5.88. The van der Waals surface area contributed by atoms with Gasteiger partial charge in [0.25, 0.3) is 0 Å². The van der Waals surface area contributed by atoms with E-state index < -0.39 is 6.34 Å². The molecule has 102 valence electrons. The van der Waals surface area contributed by atoms with Gasteiger partial charge in [0.1, 0.15) is 6.34 Å². The molecule has 2 N–H and O–H groups in total. The van der Waals surface area contributed by atoms with Gasteiger partial charge in [-0.1, -0.05) is 68.8 Å². The van der Waals surface area contributed by atoms with Crippen LogP contribution in [0.25, 0.3) is 0 Å². The molecule has 0 fully saturated rings. The average molecular weight is 284 g/mol. The number of benzene rings is 1. The third-order valence-electron chi connectivity index (χ3n) is 2.85. The van der Waals surface area contributed by atoms with Gasteiger partial charge in [-0.3, -0.25) is 10.2 Å². The standard InChI is InChI=1S/C14H25N2PS/c1-3-5-12-15-17(18,16-13-6-4-2)14-10-8-7-9-11-14/h7-11H,3-6,12-13H2,1-2H3,(H2,15,16,18). The predicted molar refractivity (Wildman–Crippen MR) is 86.2 cm³/mol.